The van der Waals surface area contributed by atoms with Crippen molar-refractivity contribution in [1.82, 2.24) is 14.4 Å². The zero-order chi connectivity index (χ0) is 29.4. The lowest BCUT2D eigenvalue weighted by molar-refractivity contribution is -0.385. The molecule has 2 unspecified atom stereocenters. The molecule has 4 heterocycles. The second-order valence-corrected chi connectivity index (χ2v) is 10.8. The van der Waals surface area contributed by atoms with Crippen LogP contribution in [0.25, 0.3) is 0 Å². The van der Waals surface area contributed by atoms with Crippen molar-refractivity contribution in [1.29, 1.82) is 0 Å². The number of methoxy groups -OCH3 is 1. The van der Waals surface area contributed by atoms with Crippen LogP contribution in [0.4, 0.5) is 26.2 Å². The number of nitrogens with zero attached hydrogens (tertiary/aromatic N) is 6. The lowest BCUT2D eigenvalue weighted by Crippen LogP contribution is -2.57. The maximum absolute atomic E-state index is 15.1. The number of anilines is 2. The third-order valence-electron chi connectivity index (χ3n) is 8.59. The van der Waals surface area contributed by atoms with E-state index in [1.54, 1.807) is 21.9 Å². The van der Waals surface area contributed by atoms with Gasteiger partial charge < -0.3 is 39.1 Å². The summed E-state index contributed by atoms with van der Waals surface area (Å²) < 4.78 is 22.0. The maximum atomic E-state index is 15.1. The zero-order valence-electron chi connectivity index (χ0n) is 23.2. The molecule has 14 heteroatoms. The Kier molecular flexibility index (Phi) is 8.04. The van der Waals surface area contributed by atoms with Crippen molar-refractivity contribution in [3.8, 4) is 5.75 Å². The Bertz CT molecular complexity index is 1400. The lowest BCUT2D eigenvalue weighted by atomic mass is 9.97. The van der Waals surface area contributed by atoms with Gasteiger partial charge in [0, 0.05) is 50.0 Å². The largest absolute Gasteiger partial charge is 0.494 e. The van der Waals surface area contributed by atoms with E-state index < -0.39 is 40.7 Å². The van der Waals surface area contributed by atoms with Crippen molar-refractivity contribution in [2.24, 2.45) is 0 Å². The van der Waals surface area contributed by atoms with Crippen molar-refractivity contribution < 1.29 is 29.1 Å². The van der Waals surface area contributed by atoms with E-state index in [4.69, 9.17) is 4.74 Å². The molecular weight excluding hydrogens is 539 g/mol. The summed E-state index contributed by atoms with van der Waals surface area (Å²) in [4.78, 5) is 44.2. The summed E-state index contributed by atoms with van der Waals surface area (Å²) in [5.41, 5.74) is 0.166. The smallest absolute Gasteiger partial charge is 0.407 e. The number of likely N-dealkylation sites (tertiary alicyclic amines) is 1. The number of amides is 1. The minimum Gasteiger partial charge on any atom is -0.494 e. The van der Waals surface area contributed by atoms with E-state index >= 15 is 4.39 Å². The van der Waals surface area contributed by atoms with Gasteiger partial charge in [-0.2, -0.15) is 0 Å². The van der Waals surface area contributed by atoms with Gasteiger partial charge in [-0.3, -0.25) is 14.9 Å². The summed E-state index contributed by atoms with van der Waals surface area (Å²) in [6.45, 7) is 1.13. The van der Waals surface area contributed by atoms with Crippen molar-refractivity contribution in [2.75, 3.05) is 63.3 Å². The third-order valence-corrected chi connectivity index (χ3v) is 8.59. The molecule has 0 bridgehead atoms. The first-order valence-electron chi connectivity index (χ1n) is 13.7. The van der Waals surface area contributed by atoms with Gasteiger partial charge in [0.25, 0.3) is 0 Å². The summed E-state index contributed by atoms with van der Waals surface area (Å²) in [5, 5.41) is 32.2. The zero-order valence-corrected chi connectivity index (χ0v) is 23.2. The fourth-order valence-electron chi connectivity index (χ4n) is 6.47. The van der Waals surface area contributed by atoms with Gasteiger partial charge in [-0.05, 0) is 45.0 Å². The summed E-state index contributed by atoms with van der Waals surface area (Å²) in [5.74, 6) is -0.144. The number of benzene rings is 1. The van der Waals surface area contributed by atoms with Crippen LogP contribution in [0.5, 0.6) is 5.75 Å². The number of carboxylic acid groups (broad SMARTS) is 1. The fraction of sp³-hybridized carbons (Fsp3) is 0.556. The van der Waals surface area contributed by atoms with E-state index in [2.05, 4.69) is 4.90 Å². The van der Waals surface area contributed by atoms with Gasteiger partial charge in [-0.1, -0.05) is 6.07 Å². The number of halogens is 1. The number of nitro groups is 1. The normalized spacial score (nSPS) is 21.2. The van der Waals surface area contributed by atoms with Crippen LogP contribution in [0.3, 0.4) is 0 Å². The van der Waals surface area contributed by atoms with Crippen LogP contribution >= 0.6 is 0 Å². The number of hydrogen-bond donors (Lipinski definition) is 2. The molecule has 13 nitrogen and oxygen atoms in total. The first kappa shape index (κ1) is 28.6. The highest BCUT2D eigenvalue weighted by Crippen LogP contribution is 2.40. The van der Waals surface area contributed by atoms with Gasteiger partial charge >= 0.3 is 17.3 Å². The van der Waals surface area contributed by atoms with Crippen LogP contribution in [-0.2, 0) is 19.5 Å². The molecule has 0 radical (unpaired) electrons. The molecule has 5 rings (SSSR count). The standard InChI is InChI=1S/C27H35FN6O7/c1-29-9-4-5-17(29)14-33-21-15-30(24-20(28)6-3-7-22(24)41-2)10-8-19(21)23(25(26(33)36)34(39)40)32-12-11-31(27(37)38)13-18(32)16-35/h3,6-7,17-18,35H,4-5,8-16H2,1-2H3,(H,37,38). The Morgan fingerprint density at radius 3 is 2.61 bits per heavy atom. The minimum atomic E-state index is -1.15. The summed E-state index contributed by atoms with van der Waals surface area (Å²) >= 11 is 0. The average molecular weight is 575 g/mol. The summed E-state index contributed by atoms with van der Waals surface area (Å²) in [6, 6.07) is 3.77. The Labute approximate surface area is 236 Å². The fourth-order valence-corrected chi connectivity index (χ4v) is 6.47. The number of likely N-dealkylation sites (N-methyl/N-ethyl adjacent to an activating group) is 1. The predicted molar refractivity (Wildman–Crippen MR) is 149 cm³/mol. The van der Waals surface area contributed by atoms with Crippen molar-refractivity contribution in [3.63, 3.8) is 0 Å². The molecule has 2 fully saturated rings. The first-order chi connectivity index (χ1) is 19.7. The number of para-hydroxylation sites is 1. The third kappa shape index (κ3) is 5.17. The number of piperazine rings is 1. The monoisotopic (exact) mass is 574 g/mol. The Balaban J connectivity index is 1.68. The highest BCUT2D eigenvalue weighted by molar-refractivity contribution is 5.72. The number of pyridine rings is 1. The van der Waals surface area contributed by atoms with E-state index in [-0.39, 0.29) is 56.6 Å². The molecule has 41 heavy (non-hydrogen) atoms. The summed E-state index contributed by atoms with van der Waals surface area (Å²) in [6.07, 6.45) is 0.899. The van der Waals surface area contributed by atoms with Crippen LogP contribution in [0, 0.1) is 15.9 Å². The SMILES string of the molecule is COc1cccc(F)c1N1CCc2c(N3CCN(C(=O)O)CC3CO)c([N+](=O)[O-])c(=O)n(CC3CCCN3C)c2C1. The van der Waals surface area contributed by atoms with Crippen molar-refractivity contribution >= 4 is 23.2 Å². The predicted octanol–water partition coefficient (Wildman–Crippen LogP) is 1.72. The molecule has 1 aromatic heterocycles. The van der Waals surface area contributed by atoms with Crippen molar-refractivity contribution in [2.45, 2.75) is 44.4 Å². The van der Waals surface area contributed by atoms with Crippen LogP contribution in [0.1, 0.15) is 24.1 Å². The van der Waals surface area contributed by atoms with Gasteiger partial charge in [-0.15, -0.1) is 0 Å². The van der Waals surface area contributed by atoms with E-state index in [0.717, 1.165) is 24.3 Å². The highest BCUT2D eigenvalue weighted by atomic mass is 19.1. The Morgan fingerprint density at radius 1 is 1.20 bits per heavy atom. The molecule has 3 aliphatic heterocycles. The number of hydrogen-bond acceptors (Lipinski definition) is 9. The van der Waals surface area contributed by atoms with Crippen molar-refractivity contribution in [3.05, 3.63) is 55.7 Å². The number of aliphatic hydroxyl groups excluding tert-OH is 1. The quantitative estimate of drug-likeness (QED) is 0.370. The van der Waals surface area contributed by atoms with Crippen LogP contribution in [-0.4, -0.2) is 101 Å². The molecule has 1 amide bonds. The van der Waals surface area contributed by atoms with Gasteiger partial charge in [0.2, 0.25) is 0 Å². The van der Waals surface area contributed by atoms with Gasteiger partial charge in [0.15, 0.2) is 0 Å². The number of aliphatic hydroxyl groups is 1. The molecule has 2 aromatic rings. The average Bonchev–Trinajstić information content (AvgIpc) is 3.37. The maximum Gasteiger partial charge on any atom is 0.407 e. The van der Waals surface area contributed by atoms with E-state index in [1.165, 1.54) is 17.7 Å². The van der Waals surface area contributed by atoms with Gasteiger partial charge in [0.1, 0.15) is 22.9 Å². The van der Waals surface area contributed by atoms with Gasteiger partial charge in [0.05, 0.1) is 31.2 Å². The molecular formula is C27H35FN6O7. The molecule has 1 aromatic carbocycles. The highest BCUT2D eigenvalue weighted by Gasteiger charge is 2.40. The molecule has 0 saturated carbocycles. The number of aromatic nitrogens is 1. The molecule has 2 atom stereocenters. The number of fused-ring (bicyclic) bond motifs is 1. The van der Waals surface area contributed by atoms with Crippen LogP contribution in [0.2, 0.25) is 0 Å². The number of rotatable bonds is 7. The van der Waals surface area contributed by atoms with Crippen LogP contribution in [0.15, 0.2) is 23.0 Å². The number of ether oxygens (including phenoxy) is 1. The summed E-state index contributed by atoms with van der Waals surface area (Å²) in [7, 11) is 3.41. The molecule has 222 valence electrons. The molecule has 2 N–H and O–H groups in total. The minimum absolute atomic E-state index is 0.00456. The Morgan fingerprint density at radius 2 is 1.98 bits per heavy atom. The van der Waals surface area contributed by atoms with E-state index in [0.29, 0.717) is 23.6 Å². The van der Waals surface area contributed by atoms with E-state index in [9.17, 15) is 29.9 Å². The molecule has 2 saturated heterocycles. The van der Waals surface area contributed by atoms with Crippen LogP contribution < -0.4 is 20.1 Å². The second-order valence-electron chi connectivity index (χ2n) is 10.8. The Hall–Kier alpha value is -3.91. The van der Waals surface area contributed by atoms with E-state index in [1.807, 2.05) is 7.05 Å². The molecule has 0 spiro atoms. The number of carbonyl (C=O) groups is 1. The van der Waals surface area contributed by atoms with Gasteiger partial charge in [-0.25, -0.2) is 9.18 Å². The second kappa shape index (κ2) is 11.5. The first-order valence-corrected chi connectivity index (χ1v) is 13.7. The lowest BCUT2D eigenvalue weighted by Gasteiger charge is -2.43. The molecule has 3 aliphatic rings. The molecule has 0 aliphatic carbocycles. The topological polar surface area (TPSA) is 145 Å².